The Morgan fingerprint density at radius 3 is 2.62 bits per heavy atom. The smallest absolute Gasteiger partial charge is 0.222 e. The van der Waals surface area contributed by atoms with Gasteiger partial charge < -0.3 is 15.6 Å². The van der Waals surface area contributed by atoms with Crippen molar-refractivity contribution >= 4 is 17.5 Å². The number of imidazole rings is 1. The molecule has 0 aliphatic carbocycles. The number of hydrogen-bond acceptors (Lipinski definition) is 3. The van der Waals surface area contributed by atoms with E-state index in [4.69, 9.17) is 17.3 Å². The lowest BCUT2D eigenvalue weighted by atomic mass is 10.1. The average Bonchev–Trinajstić information content (AvgIpc) is 2.82. The SMILES string of the molecule is CC(N)CC(=O)NC(c1ccc(Cl)cc1)c1nccn1C. The number of halogens is 1. The molecule has 2 unspecified atom stereocenters. The van der Waals surface area contributed by atoms with Crippen molar-refractivity contribution in [2.75, 3.05) is 0 Å². The third kappa shape index (κ3) is 4.06. The van der Waals surface area contributed by atoms with Gasteiger partial charge in [-0.2, -0.15) is 0 Å². The lowest BCUT2D eigenvalue weighted by molar-refractivity contribution is -0.121. The maximum atomic E-state index is 12.1. The molecule has 2 aromatic rings. The summed E-state index contributed by atoms with van der Waals surface area (Å²) in [6.07, 6.45) is 3.82. The normalized spacial score (nSPS) is 13.7. The van der Waals surface area contributed by atoms with Gasteiger partial charge >= 0.3 is 0 Å². The van der Waals surface area contributed by atoms with Crippen molar-refractivity contribution in [3.63, 3.8) is 0 Å². The highest BCUT2D eigenvalue weighted by Gasteiger charge is 2.21. The number of amides is 1. The first-order valence-electron chi connectivity index (χ1n) is 6.75. The van der Waals surface area contributed by atoms with Crippen LogP contribution < -0.4 is 11.1 Å². The molecule has 2 rings (SSSR count). The fraction of sp³-hybridized carbons (Fsp3) is 0.333. The fourth-order valence-corrected chi connectivity index (χ4v) is 2.25. The molecule has 0 saturated carbocycles. The van der Waals surface area contributed by atoms with E-state index in [1.807, 2.05) is 29.9 Å². The summed E-state index contributed by atoms with van der Waals surface area (Å²) < 4.78 is 1.88. The third-order valence-electron chi connectivity index (χ3n) is 3.13. The second kappa shape index (κ2) is 6.74. The Labute approximate surface area is 129 Å². The summed E-state index contributed by atoms with van der Waals surface area (Å²) >= 11 is 5.92. The Morgan fingerprint density at radius 2 is 2.10 bits per heavy atom. The zero-order chi connectivity index (χ0) is 15.4. The molecule has 0 radical (unpaired) electrons. The van der Waals surface area contributed by atoms with Gasteiger partial charge in [0.15, 0.2) is 0 Å². The van der Waals surface area contributed by atoms with Gasteiger partial charge in [0, 0.05) is 36.9 Å². The van der Waals surface area contributed by atoms with E-state index in [2.05, 4.69) is 10.3 Å². The van der Waals surface area contributed by atoms with E-state index in [1.54, 1.807) is 25.3 Å². The van der Waals surface area contributed by atoms with E-state index in [9.17, 15) is 4.79 Å². The van der Waals surface area contributed by atoms with Crippen molar-refractivity contribution in [2.24, 2.45) is 12.8 Å². The highest BCUT2D eigenvalue weighted by atomic mass is 35.5. The van der Waals surface area contributed by atoms with Crippen LogP contribution in [0, 0.1) is 0 Å². The molecule has 1 aromatic carbocycles. The summed E-state index contributed by atoms with van der Waals surface area (Å²) in [5.74, 6) is 0.656. The first kappa shape index (κ1) is 15.5. The minimum absolute atomic E-state index is 0.104. The van der Waals surface area contributed by atoms with Crippen LogP contribution in [0.2, 0.25) is 5.02 Å². The zero-order valence-corrected chi connectivity index (χ0v) is 12.8. The molecular formula is C15H19ClN4O. The summed E-state index contributed by atoms with van der Waals surface area (Å²) in [7, 11) is 1.89. The first-order chi connectivity index (χ1) is 9.97. The quantitative estimate of drug-likeness (QED) is 0.887. The van der Waals surface area contributed by atoms with Crippen molar-refractivity contribution in [1.82, 2.24) is 14.9 Å². The van der Waals surface area contributed by atoms with Gasteiger partial charge in [-0.15, -0.1) is 0 Å². The van der Waals surface area contributed by atoms with Crippen LogP contribution in [-0.4, -0.2) is 21.5 Å². The highest BCUT2D eigenvalue weighted by molar-refractivity contribution is 6.30. The number of aromatic nitrogens is 2. The molecule has 1 heterocycles. The van der Waals surface area contributed by atoms with Crippen molar-refractivity contribution in [3.05, 3.63) is 53.1 Å². The number of benzene rings is 1. The Hall–Kier alpha value is -1.85. The second-order valence-corrected chi connectivity index (χ2v) is 5.57. The molecule has 21 heavy (non-hydrogen) atoms. The van der Waals surface area contributed by atoms with Crippen LogP contribution in [-0.2, 0) is 11.8 Å². The summed E-state index contributed by atoms with van der Waals surface area (Å²) in [4.78, 5) is 16.4. The molecule has 0 aliphatic rings. The predicted molar refractivity (Wildman–Crippen MR) is 82.9 cm³/mol. The Morgan fingerprint density at radius 1 is 1.43 bits per heavy atom. The molecule has 2 atom stereocenters. The zero-order valence-electron chi connectivity index (χ0n) is 12.1. The number of nitrogens with one attached hydrogen (secondary N) is 1. The van der Waals surface area contributed by atoms with Crippen molar-refractivity contribution < 1.29 is 4.79 Å². The molecule has 0 saturated heterocycles. The van der Waals surface area contributed by atoms with E-state index >= 15 is 0 Å². The lowest BCUT2D eigenvalue weighted by Gasteiger charge is -2.20. The molecule has 3 N–H and O–H groups in total. The van der Waals surface area contributed by atoms with E-state index in [-0.39, 0.29) is 24.4 Å². The van der Waals surface area contributed by atoms with Gasteiger partial charge in [-0.25, -0.2) is 4.98 Å². The number of nitrogens with zero attached hydrogens (tertiary/aromatic N) is 2. The monoisotopic (exact) mass is 306 g/mol. The Balaban J connectivity index is 2.29. The van der Waals surface area contributed by atoms with Crippen LogP contribution in [0.5, 0.6) is 0 Å². The van der Waals surface area contributed by atoms with Gasteiger partial charge in [-0.05, 0) is 24.6 Å². The summed E-state index contributed by atoms with van der Waals surface area (Å²) in [5, 5.41) is 3.63. The average molecular weight is 307 g/mol. The third-order valence-corrected chi connectivity index (χ3v) is 3.38. The molecule has 112 valence electrons. The van der Waals surface area contributed by atoms with E-state index in [0.29, 0.717) is 5.02 Å². The van der Waals surface area contributed by atoms with Gasteiger partial charge in [0.1, 0.15) is 11.9 Å². The Bertz CT molecular complexity index is 606. The van der Waals surface area contributed by atoms with E-state index in [0.717, 1.165) is 11.4 Å². The molecular weight excluding hydrogens is 288 g/mol. The first-order valence-corrected chi connectivity index (χ1v) is 7.13. The minimum Gasteiger partial charge on any atom is -0.342 e. The maximum Gasteiger partial charge on any atom is 0.222 e. The number of hydrogen-bond donors (Lipinski definition) is 2. The number of aryl methyl sites for hydroxylation is 1. The predicted octanol–water partition coefficient (Wildman–Crippen LogP) is 2.02. The van der Waals surface area contributed by atoms with E-state index in [1.165, 1.54) is 0 Å². The van der Waals surface area contributed by atoms with Crippen molar-refractivity contribution in [1.29, 1.82) is 0 Å². The lowest BCUT2D eigenvalue weighted by Crippen LogP contribution is -2.34. The van der Waals surface area contributed by atoms with Crippen molar-refractivity contribution in [3.8, 4) is 0 Å². The molecule has 0 bridgehead atoms. The van der Waals surface area contributed by atoms with Crippen LogP contribution in [0.3, 0.4) is 0 Å². The van der Waals surface area contributed by atoms with Crippen LogP contribution >= 0.6 is 11.6 Å². The van der Waals surface area contributed by atoms with Gasteiger partial charge in [0.25, 0.3) is 0 Å². The molecule has 0 spiro atoms. The summed E-state index contributed by atoms with van der Waals surface area (Å²) in [6.45, 7) is 1.80. The molecule has 0 aliphatic heterocycles. The van der Waals surface area contributed by atoms with Crippen LogP contribution in [0.25, 0.3) is 0 Å². The number of carbonyl (C=O) groups excluding carboxylic acids is 1. The largest absolute Gasteiger partial charge is 0.342 e. The van der Waals surface area contributed by atoms with Gasteiger partial charge in [-0.1, -0.05) is 23.7 Å². The molecule has 0 fully saturated rings. The van der Waals surface area contributed by atoms with Crippen LogP contribution in [0.4, 0.5) is 0 Å². The van der Waals surface area contributed by atoms with Gasteiger partial charge in [0.05, 0.1) is 0 Å². The maximum absolute atomic E-state index is 12.1. The summed E-state index contributed by atoms with van der Waals surface area (Å²) in [6, 6.07) is 6.85. The molecule has 5 nitrogen and oxygen atoms in total. The van der Waals surface area contributed by atoms with Crippen molar-refractivity contribution in [2.45, 2.75) is 25.4 Å². The number of carbonyl (C=O) groups is 1. The standard InChI is InChI=1S/C15H19ClN4O/c1-10(17)9-13(21)19-14(15-18-7-8-20(15)2)11-3-5-12(16)6-4-11/h3-8,10,14H,9,17H2,1-2H3,(H,19,21). The fourth-order valence-electron chi connectivity index (χ4n) is 2.12. The van der Waals surface area contributed by atoms with E-state index < -0.39 is 0 Å². The summed E-state index contributed by atoms with van der Waals surface area (Å²) in [5.41, 5.74) is 6.60. The molecule has 1 amide bonds. The molecule has 1 aromatic heterocycles. The van der Waals surface area contributed by atoms with Crippen LogP contribution in [0.15, 0.2) is 36.7 Å². The van der Waals surface area contributed by atoms with Gasteiger partial charge in [-0.3, -0.25) is 4.79 Å². The highest BCUT2D eigenvalue weighted by Crippen LogP contribution is 2.22. The molecule has 6 heteroatoms. The van der Waals surface area contributed by atoms with Gasteiger partial charge in [0.2, 0.25) is 5.91 Å². The second-order valence-electron chi connectivity index (χ2n) is 5.13. The topological polar surface area (TPSA) is 72.9 Å². The number of rotatable bonds is 5. The number of nitrogens with two attached hydrogens (primary N) is 1. The minimum atomic E-state index is -0.325. The Kier molecular flexibility index (Phi) is 4.98. The van der Waals surface area contributed by atoms with Crippen LogP contribution in [0.1, 0.15) is 30.8 Å².